The molecule has 0 saturated carbocycles. The standard InChI is InChI=1S/C30H31ClF3NO5/c1-2-3-4-5-6-17-39-27-16-13-23(31)18-25(27)29(38)35-26(19-28(36)37)22-9-7-20(8-10-22)21-11-14-24(15-12-21)40-30(32,33)34/h7-16,18,26H,2-6,17,19H2,1H3,(H,35,38)(H,36,37). The summed E-state index contributed by atoms with van der Waals surface area (Å²) in [5, 5.41) is 12.6. The average Bonchev–Trinajstić information content (AvgIpc) is 2.90. The normalized spacial score (nSPS) is 12.0. The molecule has 0 heterocycles. The number of rotatable bonds is 14. The van der Waals surface area contributed by atoms with Crippen LogP contribution in [0.15, 0.2) is 66.7 Å². The molecule has 2 N–H and O–H groups in total. The third-order valence-corrected chi connectivity index (χ3v) is 6.35. The second-order valence-electron chi connectivity index (χ2n) is 9.22. The molecule has 3 aromatic carbocycles. The molecule has 0 aliphatic rings. The van der Waals surface area contributed by atoms with E-state index >= 15 is 0 Å². The van der Waals surface area contributed by atoms with E-state index in [0.29, 0.717) is 34.1 Å². The van der Waals surface area contributed by atoms with Crippen LogP contribution < -0.4 is 14.8 Å². The zero-order chi connectivity index (χ0) is 29.1. The van der Waals surface area contributed by atoms with Crippen molar-refractivity contribution in [3.63, 3.8) is 0 Å². The van der Waals surface area contributed by atoms with Gasteiger partial charge in [-0.05, 0) is 53.4 Å². The first kappa shape index (κ1) is 30.8. The highest BCUT2D eigenvalue weighted by Crippen LogP contribution is 2.29. The Hall–Kier alpha value is -3.72. The summed E-state index contributed by atoms with van der Waals surface area (Å²) in [6.07, 6.45) is 0.115. The molecule has 0 bridgehead atoms. The van der Waals surface area contributed by atoms with E-state index in [2.05, 4.69) is 17.0 Å². The molecule has 0 radical (unpaired) electrons. The molecule has 0 fully saturated rings. The minimum Gasteiger partial charge on any atom is -0.493 e. The number of hydrogen-bond donors (Lipinski definition) is 2. The molecular weight excluding hydrogens is 547 g/mol. The Morgan fingerprint density at radius 3 is 2.15 bits per heavy atom. The smallest absolute Gasteiger partial charge is 0.493 e. The van der Waals surface area contributed by atoms with Gasteiger partial charge in [0, 0.05) is 5.02 Å². The molecule has 1 unspecified atom stereocenters. The highest BCUT2D eigenvalue weighted by atomic mass is 35.5. The van der Waals surface area contributed by atoms with E-state index < -0.39 is 24.3 Å². The van der Waals surface area contributed by atoms with Crippen LogP contribution in [0.5, 0.6) is 11.5 Å². The van der Waals surface area contributed by atoms with Crippen molar-refractivity contribution in [3.8, 4) is 22.6 Å². The van der Waals surface area contributed by atoms with E-state index in [4.69, 9.17) is 16.3 Å². The van der Waals surface area contributed by atoms with Crippen LogP contribution in [0.2, 0.25) is 5.02 Å². The molecule has 0 aliphatic heterocycles. The molecular formula is C30H31ClF3NO5. The van der Waals surface area contributed by atoms with Gasteiger partial charge < -0.3 is 19.9 Å². The number of unbranched alkanes of at least 4 members (excludes halogenated alkanes) is 4. The van der Waals surface area contributed by atoms with Gasteiger partial charge in [-0.3, -0.25) is 9.59 Å². The van der Waals surface area contributed by atoms with Crippen molar-refractivity contribution in [2.24, 2.45) is 0 Å². The third kappa shape index (κ3) is 9.79. The summed E-state index contributed by atoms with van der Waals surface area (Å²) >= 11 is 6.14. The van der Waals surface area contributed by atoms with Gasteiger partial charge in [-0.25, -0.2) is 0 Å². The summed E-state index contributed by atoms with van der Waals surface area (Å²) in [4.78, 5) is 24.8. The zero-order valence-electron chi connectivity index (χ0n) is 22.0. The lowest BCUT2D eigenvalue weighted by molar-refractivity contribution is -0.274. The van der Waals surface area contributed by atoms with Crippen LogP contribution in [0.1, 0.15) is 67.4 Å². The fourth-order valence-corrected chi connectivity index (χ4v) is 4.29. The number of nitrogens with one attached hydrogen (secondary N) is 1. The number of carboxylic acids is 1. The minimum atomic E-state index is -4.78. The zero-order valence-corrected chi connectivity index (χ0v) is 22.7. The molecule has 3 rings (SSSR count). The molecule has 1 amide bonds. The van der Waals surface area contributed by atoms with Gasteiger partial charge in [-0.1, -0.05) is 80.6 Å². The molecule has 0 saturated heterocycles. The van der Waals surface area contributed by atoms with Crippen molar-refractivity contribution >= 4 is 23.5 Å². The number of carbonyl (C=O) groups is 2. The molecule has 0 aliphatic carbocycles. The average molecular weight is 578 g/mol. The van der Waals surface area contributed by atoms with Gasteiger partial charge in [0.25, 0.3) is 5.91 Å². The Morgan fingerprint density at radius 2 is 1.55 bits per heavy atom. The van der Waals surface area contributed by atoms with Gasteiger partial charge in [0.15, 0.2) is 0 Å². The summed E-state index contributed by atoms with van der Waals surface area (Å²) in [7, 11) is 0. The van der Waals surface area contributed by atoms with E-state index in [1.54, 1.807) is 36.4 Å². The summed E-state index contributed by atoms with van der Waals surface area (Å²) in [6, 6.07) is 16.0. The van der Waals surface area contributed by atoms with Crippen molar-refractivity contribution in [2.45, 2.75) is 57.9 Å². The number of aliphatic carboxylic acids is 1. The Balaban J connectivity index is 1.73. The Morgan fingerprint density at radius 1 is 0.925 bits per heavy atom. The lowest BCUT2D eigenvalue weighted by atomic mass is 9.98. The predicted molar refractivity (Wildman–Crippen MR) is 147 cm³/mol. The van der Waals surface area contributed by atoms with E-state index in [-0.39, 0.29) is 17.7 Å². The monoisotopic (exact) mass is 577 g/mol. The summed E-state index contributed by atoms with van der Waals surface area (Å²) in [5.41, 5.74) is 2.06. The van der Waals surface area contributed by atoms with Crippen LogP contribution in [0, 0.1) is 0 Å². The highest BCUT2D eigenvalue weighted by Gasteiger charge is 2.31. The number of hydrogen-bond acceptors (Lipinski definition) is 4. The first-order valence-corrected chi connectivity index (χ1v) is 13.3. The van der Waals surface area contributed by atoms with Crippen molar-refractivity contribution < 1.29 is 37.3 Å². The van der Waals surface area contributed by atoms with Gasteiger partial charge in [-0.15, -0.1) is 13.2 Å². The Kier molecular flexibility index (Phi) is 11.3. The van der Waals surface area contributed by atoms with Crippen LogP contribution in [-0.4, -0.2) is 30.0 Å². The molecule has 40 heavy (non-hydrogen) atoms. The van der Waals surface area contributed by atoms with E-state index in [1.807, 2.05) is 0 Å². The van der Waals surface area contributed by atoms with Crippen molar-refractivity contribution in [3.05, 3.63) is 82.9 Å². The van der Waals surface area contributed by atoms with Gasteiger partial charge >= 0.3 is 12.3 Å². The summed E-state index contributed by atoms with van der Waals surface area (Å²) in [5.74, 6) is -1.61. The number of alkyl halides is 3. The van der Waals surface area contributed by atoms with Gasteiger partial charge in [0.05, 0.1) is 24.6 Å². The van der Waals surface area contributed by atoms with E-state index in [1.165, 1.54) is 30.3 Å². The molecule has 214 valence electrons. The quantitative estimate of drug-likeness (QED) is 0.189. The first-order valence-electron chi connectivity index (χ1n) is 13.0. The maximum absolute atomic E-state index is 13.2. The van der Waals surface area contributed by atoms with E-state index in [0.717, 1.165) is 32.1 Å². The second-order valence-corrected chi connectivity index (χ2v) is 9.66. The van der Waals surface area contributed by atoms with Crippen LogP contribution in [0.4, 0.5) is 13.2 Å². The van der Waals surface area contributed by atoms with Crippen LogP contribution in [-0.2, 0) is 4.79 Å². The van der Waals surface area contributed by atoms with Crippen LogP contribution >= 0.6 is 11.6 Å². The fourth-order valence-electron chi connectivity index (χ4n) is 4.11. The van der Waals surface area contributed by atoms with Gasteiger partial charge in [0.2, 0.25) is 0 Å². The molecule has 0 aromatic heterocycles. The third-order valence-electron chi connectivity index (χ3n) is 6.11. The molecule has 0 spiro atoms. The maximum atomic E-state index is 13.2. The lowest BCUT2D eigenvalue weighted by Crippen LogP contribution is -2.30. The number of carboxylic acid groups (broad SMARTS) is 1. The summed E-state index contributed by atoms with van der Waals surface area (Å²) in [6.45, 7) is 2.58. The predicted octanol–water partition coefficient (Wildman–Crippen LogP) is 8.20. The number of benzene rings is 3. The number of ether oxygens (including phenoxy) is 2. The largest absolute Gasteiger partial charge is 0.573 e. The number of amides is 1. The number of halogens is 4. The Bertz CT molecular complexity index is 1260. The molecule has 6 nitrogen and oxygen atoms in total. The molecule has 10 heteroatoms. The summed E-state index contributed by atoms with van der Waals surface area (Å²) < 4.78 is 47.0. The van der Waals surface area contributed by atoms with Crippen molar-refractivity contribution in [1.29, 1.82) is 0 Å². The van der Waals surface area contributed by atoms with Crippen LogP contribution in [0.3, 0.4) is 0 Å². The topological polar surface area (TPSA) is 84.9 Å². The molecule has 3 aromatic rings. The second kappa shape index (κ2) is 14.6. The first-order chi connectivity index (χ1) is 19.1. The SMILES string of the molecule is CCCCCCCOc1ccc(Cl)cc1C(=O)NC(CC(=O)O)c1ccc(-c2ccc(OC(F)(F)F)cc2)cc1. The van der Waals surface area contributed by atoms with Gasteiger partial charge in [-0.2, -0.15) is 0 Å². The number of carbonyl (C=O) groups excluding carboxylic acids is 1. The van der Waals surface area contributed by atoms with Crippen molar-refractivity contribution in [1.82, 2.24) is 5.32 Å². The fraction of sp³-hybridized carbons (Fsp3) is 0.333. The highest BCUT2D eigenvalue weighted by molar-refractivity contribution is 6.31. The van der Waals surface area contributed by atoms with E-state index in [9.17, 15) is 27.9 Å². The minimum absolute atomic E-state index is 0.203. The molecule has 1 atom stereocenters. The van der Waals surface area contributed by atoms with Crippen LogP contribution in [0.25, 0.3) is 11.1 Å². The van der Waals surface area contributed by atoms with Gasteiger partial charge in [0.1, 0.15) is 11.5 Å². The Labute approximate surface area is 236 Å². The van der Waals surface area contributed by atoms with Crippen molar-refractivity contribution in [2.75, 3.05) is 6.61 Å². The lowest BCUT2D eigenvalue weighted by Gasteiger charge is -2.19. The maximum Gasteiger partial charge on any atom is 0.573 e.